The van der Waals surface area contributed by atoms with Gasteiger partial charge in [-0.1, -0.05) is 227 Å². The number of allylic oxidation sites excluding steroid dienone is 1. The smallest absolute Gasteiger partial charge is 0.423 e. The van der Waals surface area contributed by atoms with Crippen LogP contribution in [0.1, 0.15) is 225 Å². The molecule has 3 aromatic carbocycles. The minimum absolute atomic E-state index is 0.144. The number of oxime groups is 2. The predicted octanol–water partition coefficient (Wildman–Crippen LogP) is 11.5. The summed E-state index contributed by atoms with van der Waals surface area (Å²) in [5.41, 5.74) is 7.60. The number of rotatable bonds is 30. The van der Waals surface area contributed by atoms with Gasteiger partial charge in [-0.3, -0.25) is 0 Å². The van der Waals surface area contributed by atoms with Crippen molar-refractivity contribution < 1.29 is 39.8 Å². The van der Waals surface area contributed by atoms with Crippen LogP contribution in [0.15, 0.2) is 102 Å². The molecule has 71 heavy (non-hydrogen) atoms. The minimum Gasteiger partial charge on any atom is -0.423 e. The normalized spacial score (nSPS) is 13.9. The summed E-state index contributed by atoms with van der Waals surface area (Å²) in [6, 6.07) is 21.4. The van der Waals surface area contributed by atoms with E-state index in [-0.39, 0.29) is 11.2 Å². The summed E-state index contributed by atoms with van der Waals surface area (Å²) in [6.07, 6.45) is 32.7. The monoisotopic (exact) mass is 979 g/mol. The van der Waals surface area contributed by atoms with Gasteiger partial charge in [0.1, 0.15) is 11.2 Å². The van der Waals surface area contributed by atoms with Gasteiger partial charge in [-0.2, -0.15) is 0 Å². The molecule has 13 heteroatoms. The molecule has 6 N–H and O–H groups in total. The molecule has 0 radical (unpaired) electrons. The van der Waals surface area contributed by atoms with Gasteiger partial charge in [-0.25, -0.2) is 0 Å². The Morgan fingerprint density at radius 2 is 0.746 bits per heavy atom. The van der Waals surface area contributed by atoms with Crippen LogP contribution in [0.2, 0.25) is 0 Å². The van der Waals surface area contributed by atoms with Crippen LogP contribution in [-0.4, -0.2) is 74.1 Å². The van der Waals surface area contributed by atoms with Gasteiger partial charge < -0.3 is 39.8 Å². The molecular weight excluding hydrogens is 885 g/mol. The summed E-state index contributed by atoms with van der Waals surface area (Å²) in [4.78, 5) is 11.9. The highest BCUT2D eigenvalue weighted by Gasteiger charge is 2.39. The molecule has 0 aliphatic carbocycles. The van der Waals surface area contributed by atoms with Gasteiger partial charge in [0.15, 0.2) is 0 Å². The lowest BCUT2D eigenvalue weighted by Gasteiger charge is -2.26. The van der Waals surface area contributed by atoms with Gasteiger partial charge in [0.05, 0.1) is 11.4 Å². The van der Waals surface area contributed by atoms with Crippen LogP contribution < -0.4 is 16.4 Å². The van der Waals surface area contributed by atoms with Crippen molar-refractivity contribution in [1.29, 1.82) is 0 Å². The fraction of sp³-hybridized carbons (Fsp3) is 0.586. The lowest BCUT2D eigenvalue weighted by Crippen LogP contribution is -2.30. The van der Waals surface area contributed by atoms with Crippen molar-refractivity contribution in [3.05, 3.63) is 108 Å². The molecule has 2 heterocycles. The largest absolute Gasteiger partial charge is 0.488 e. The van der Waals surface area contributed by atoms with Crippen molar-refractivity contribution in [3.8, 4) is 0 Å². The van der Waals surface area contributed by atoms with E-state index in [0.717, 1.165) is 66.6 Å². The lowest BCUT2D eigenvalue weighted by atomic mass is 9.79. The molecular formula is C58H93B3N2O8. The Labute approximate surface area is 431 Å². The fourth-order valence-corrected chi connectivity index (χ4v) is 8.80. The summed E-state index contributed by atoms with van der Waals surface area (Å²) >= 11 is 0. The van der Waals surface area contributed by atoms with E-state index in [2.05, 4.69) is 65.0 Å². The van der Waals surface area contributed by atoms with Gasteiger partial charge in [0, 0.05) is 12.8 Å². The van der Waals surface area contributed by atoms with Crippen molar-refractivity contribution in [3.63, 3.8) is 0 Å². The average Bonchev–Trinajstić information content (AvgIpc) is 4.00. The minimum atomic E-state index is -1.43. The summed E-state index contributed by atoms with van der Waals surface area (Å²) in [5.74, 6) is 0. The maximum absolute atomic E-state index is 9.20. The third kappa shape index (κ3) is 25.0. The van der Waals surface area contributed by atoms with E-state index >= 15 is 0 Å². The second-order valence-corrected chi connectivity index (χ2v) is 19.7. The van der Waals surface area contributed by atoms with E-state index < -0.39 is 21.4 Å². The van der Waals surface area contributed by atoms with E-state index in [9.17, 15) is 20.1 Å². The number of hydrogen-bond donors (Lipinski definition) is 6. The van der Waals surface area contributed by atoms with Crippen LogP contribution in [0.4, 0.5) is 0 Å². The zero-order valence-electron chi connectivity index (χ0n) is 44.9. The highest BCUT2D eigenvalue weighted by Crippen LogP contribution is 2.38. The van der Waals surface area contributed by atoms with Crippen molar-refractivity contribution in [2.75, 3.05) is 0 Å². The number of nitrogens with zero attached hydrogens (tertiary/aromatic N) is 2. The highest BCUT2D eigenvalue weighted by atomic mass is 16.7. The highest BCUT2D eigenvalue weighted by molar-refractivity contribution is 6.59. The number of benzene rings is 3. The second kappa shape index (κ2) is 36.9. The van der Waals surface area contributed by atoms with Crippen molar-refractivity contribution in [2.24, 2.45) is 10.3 Å². The summed E-state index contributed by atoms with van der Waals surface area (Å²) in [7, 11) is -4.24. The maximum Gasteiger partial charge on any atom is 0.488 e. The Bertz CT molecular complexity index is 1790. The van der Waals surface area contributed by atoms with E-state index in [1.807, 2.05) is 24.3 Å². The molecule has 5 rings (SSSR count). The third-order valence-electron chi connectivity index (χ3n) is 13.4. The first-order chi connectivity index (χ1) is 34.2. The summed E-state index contributed by atoms with van der Waals surface area (Å²) in [5, 5.41) is 63.0. The van der Waals surface area contributed by atoms with Gasteiger partial charge >= 0.3 is 21.4 Å². The molecule has 3 aromatic rings. The van der Waals surface area contributed by atoms with Gasteiger partial charge in [0.2, 0.25) is 0 Å². The number of hydrogen-bond acceptors (Lipinski definition) is 10. The Balaban J connectivity index is 0.000000344. The summed E-state index contributed by atoms with van der Waals surface area (Å²) in [6.45, 7) is 21.1. The first-order valence-corrected chi connectivity index (χ1v) is 27.4. The maximum atomic E-state index is 9.20. The van der Waals surface area contributed by atoms with E-state index in [1.165, 1.54) is 134 Å². The van der Waals surface area contributed by atoms with Gasteiger partial charge in [0.25, 0.3) is 0 Å². The molecule has 0 amide bonds. The van der Waals surface area contributed by atoms with Crippen LogP contribution in [0.3, 0.4) is 0 Å². The molecule has 10 nitrogen and oxygen atoms in total. The molecule has 2 aliphatic heterocycles. The van der Waals surface area contributed by atoms with Crippen LogP contribution in [0.5, 0.6) is 0 Å². The molecule has 2 aliphatic rings. The van der Waals surface area contributed by atoms with E-state index in [1.54, 1.807) is 54.6 Å². The van der Waals surface area contributed by atoms with Crippen molar-refractivity contribution in [2.45, 2.75) is 220 Å². The van der Waals surface area contributed by atoms with Crippen LogP contribution in [0.25, 0.3) is 6.08 Å². The molecule has 0 saturated carbocycles. The van der Waals surface area contributed by atoms with E-state index in [0.29, 0.717) is 16.4 Å². The third-order valence-corrected chi connectivity index (χ3v) is 13.4. The van der Waals surface area contributed by atoms with Crippen molar-refractivity contribution in [1.82, 2.24) is 0 Å². The van der Waals surface area contributed by atoms with Gasteiger partial charge in [-0.05, 0) is 110 Å². The zero-order chi connectivity index (χ0) is 52.3. The quantitative estimate of drug-likeness (QED) is 0.0218. The van der Waals surface area contributed by atoms with Crippen molar-refractivity contribution >= 4 is 55.2 Å². The Morgan fingerprint density at radius 1 is 0.465 bits per heavy atom. The molecule has 0 atom stereocenters. The lowest BCUT2D eigenvalue weighted by molar-refractivity contribution is -0.0350. The Morgan fingerprint density at radius 3 is 1.01 bits per heavy atom. The van der Waals surface area contributed by atoms with Crippen LogP contribution in [-0.2, 0) is 9.68 Å². The zero-order valence-corrected chi connectivity index (χ0v) is 44.9. The molecule has 392 valence electrons. The predicted molar refractivity (Wildman–Crippen MR) is 303 cm³/mol. The SMILES string of the molecule is C=C(CCCCC)CCCCC.C=Cc1ccc(B(O)O)cc1.CCCCCC1(CCCCC)CC(c2ccc(B(O)O)cc2)=NO1.CCCCCC1(CCCCC)CC(c2ccc(B(O)O)cc2)=NO1. The number of unbranched alkanes of at least 4 members (excludes halogenated alkanes) is 12. The van der Waals surface area contributed by atoms with E-state index in [4.69, 9.17) is 19.7 Å². The molecule has 0 bridgehead atoms. The molecule has 0 saturated heterocycles. The Hall–Kier alpha value is -3.97. The molecule has 0 aromatic heterocycles. The molecule has 0 spiro atoms. The Kier molecular flexibility index (Phi) is 32.8. The first kappa shape index (κ1) is 63.2. The fourth-order valence-electron chi connectivity index (χ4n) is 8.80. The van der Waals surface area contributed by atoms with Crippen LogP contribution in [0, 0.1) is 0 Å². The second-order valence-electron chi connectivity index (χ2n) is 19.7. The standard InChI is InChI=1S/2C19H30BNO3.C12H24.C8H9BO2/c2*1-3-5-7-13-19(14-8-6-4-2)15-18(21-24-19)16-9-11-17(12-10-16)20(22)23;1-4-6-8-10-12(3)11-9-7-5-2;1-2-7-3-5-8(6-4-7)9(10)11/h2*9-12,22-23H,3-8,13-15H2,1-2H3;3-11H2,1-2H3;2-6,10-11H,1H2. The molecule has 0 fully saturated rings. The average molecular weight is 979 g/mol. The topological polar surface area (TPSA) is 165 Å². The summed E-state index contributed by atoms with van der Waals surface area (Å²) < 4.78 is 0. The van der Waals surface area contributed by atoms with Crippen LogP contribution >= 0.6 is 0 Å². The first-order valence-electron chi connectivity index (χ1n) is 27.4. The van der Waals surface area contributed by atoms with Gasteiger partial charge in [-0.15, -0.1) is 0 Å². The molecule has 0 unspecified atom stereocenters.